The number of anilines is 1. The highest BCUT2D eigenvalue weighted by molar-refractivity contribution is 7.89. The Labute approximate surface area is 178 Å². The minimum absolute atomic E-state index is 0.246. The molecule has 1 saturated heterocycles. The van der Waals surface area contributed by atoms with E-state index in [0.29, 0.717) is 29.3 Å². The Morgan fingerprint density at radius 2 is 1.73 bits per heavy atom. The second-order valence-electron chi connectivity index (χ2n) is 7.28. The van der Waals surface area contributed by atoms with Crippen LogP contribution in [0.25, 0.3) is 21.0 Å². The van der Waals surface area contributed by atoms with E-state index >= 15 is 0 Å². The Hall–Kier alpha value is -2.81. The summed E-state index contributed by atoms with van der Waals surface area (Å²) in [7, 11) is -3.48. The molecule has 0 aliphatic carbocycles. The first kappa shape index (κ1) is 19.2. The summed E-state index contributed by atoms with van der Waals surface area (Å²) in [5.74, 6) is -0.246. The largest absolute Gasteiger partial charge is 0.298 e. The van der Waals surface area contributed by atoms with Crippen molar-refractivity contribution in [2.45, 2.75) is 17.7 Å². The lowest BCUT2D eigenvalue weighted by atomic mass is 10.1. The highest BCUT2D eigenvalue weighted by Crippen LogP contribution is 2.30. The molecule has 1 N–H and O–H groups in total. The first-order valence-corrected chi connectivity index (χ1v) is 12.0. The summed E-state index contributed by atoms with van der Waals surface area (Å²) in [6, 6.07) is 18.3. The first-order chi connectivity index (χ1) is 14.5. The van der Waals surface area contributed by atoms with E-state index in [2.05, 4.69) is 10.3 Å². The van der Waals surface area contributed by atoms with Gasteiger partial charge in [0.1, 0.15) is 0 Å². The van der Waals surface area contributed by atoms with E-state index in [0.717, 1.165) is 28.3 Å². The van der Waals surface area contributed by atoms with Gasteiger partial charge in [0.15, 0.2) is 5.13 Å². The van der Waals surface area contributed by atoms with E-state index in [-0.39, 0.29) is 10.8 Å². The molecule has 1 aromatic heterocycles. The molecule has 0 bridgehead atoms. The molecule has 4 aromatic rings. The van der Waals surface area contributed by atoms with E-state index in [1.54, 1.807) is 24.3 Å². The van der Waals surface area contributed by atoms with E-state index in [1.807, 2.05) is 36.4 Å². The number of benzene rings is 3. The number of nitrogens with one attached hydrogen (secondary N) is 1. The van der Waals surface area contributed by atoms with E-state index < -0.39 is 10.0 Å². The fourth-order valence-corrected chi connectivity index (χ4v) is 6.21. The zero-order valence-electron chi connectivity index (χ0n) is 16.0. The highest BCUT2D eigenvalue weighted by atomic mass is 32.2. The maximum absolute atomic E-state index is 12.8. The standard InChI is InChI=1S/C22H19N3O3S2/c26-21(17-8-7-15-5-1-2-6-16(15)13-17)24-22-23-19-10-9-18(14-20(19)29-22)30(27,28)25-11-3-4-12-25/h1-2,5-10,13-14H,3-4,11-12H2,(H,23,24,26). The maximum atomic E-state index is 12.8. The summed E-state index contributed by atoms with van der Waals surface area (Å²) in [6.07, 6.45) is 1.79. The van der Waals surface area contributed by atoms with Crippen molar-refractivity contribution in [3.05, 3.63) is 66.2 Å². The number of rotatable bonds is 4. The van der Waals surface area contributed by atoms with Gasteiger partial charge in [-0.05, 0) is 53.9 Å². The van der Waals surface area contributed by atoms with Crippen LogP contribution in [0.3, 0.4) is 0 Å². The van der Waals surface area contributed by atoms with E-state index in [4.69, 9.17) is 0 Å². The molecule has 30 heavy (non-hydrogen) atoms. The average Bonchev–Trinajstić information content (AvgIpc) is 3.43. The number of hydrogen-bond donors (Lipinski definition) is 1. The number of aromatic nitrogens is 1. The molecule has 1 amide bonds. The molecule has 0 saturated carbocycles. The van der Waals surface area contributed by atoms with Crippen molar-refractivity contribution in [2.24, 2.45) is 0 Å². The zero-order chi connectivity index (χ0) is 20.7. The van der Waals surface area contributed by atoms with Crippen LogP contribution in [-0.2, 0) is 10.0 Å². The third-order valence-electron chi connectivity index (χ3n) is 5.29. The quantitative estimate of drug-likeness (QED) is 0.510. The molecule has 0 radical (unpaired) electrons. The van der Waals surface area contributed by atoms with Gasteiger partial charge in [-0.15, -0.1) is 0 Å². The summed E-state index contributed by atoms with van der Waals surface area (Å²) in [4.78, 5) is 17.4. The lowest BCUT2D eigenvalue weighted by Crippen LogP contribution is -2.27. The zero-order valence-corrected chi connectivity index (χ0v) is 17.7. The molecule has 1 fully saturated rings. The summed E-state index contributed by atoms with van der Waals surface area (Å²) < 4.78 is 27.8. The number of sulfonamides is 1. The molecule has 1 aliphatic rings. The van der Waals surface area contributed by atoms with Crippen LogP contribution >= 0.6 is 11.3 Å². The fraction of sp³-hybridized carbons (Fsp3) is 0.182. The van der Waals surface area contributed by atoms with Crippen molar-refractivity contribution in [2.75, 3.05) is 18.4 Å². The van der Waals surface area contributed by atoms with Crippen molar-refractivity contribution in [3.8, 4) is 0 Å². The van der Waals surface area contributed by atoms with Crippen molar-refractivity contribution >= 4 is 53.4 Å². The Kier molecular flexibility index (Phi) is 4.77. The number of amides is 1. The summed E-state index contributed by atoms with van der Waals surface area (Å²) in [6.45, 7) is 1.13. The van der Waals surface area contributed by atoms with Gasteiger partial charge in [0.05, 0.1) is 15.1 Å². The predicted octanol–water partition coefficient (Wildman–Crippen LogP) is 4.49. The Morgan fingerprint density at radius 1 is 0.967 bits per heavy atom. The molecule has 152 valence electrons. The molecule has 3 aromatic carbocycles. The highest BCUT2D eigenvalue weighted by Gasteiger charge is 2.27. The van der Waals surface area contributed by atoms with Gasteiger partial charge in [0, 0.05) is 18.7 Å². The first-order valence-electron chi connectivity index (χ1n) is 9.72. The van der Waals surface area contributed by atoms with Crippen molar-refractivity contribution in [1.82, 2.24) is 9.29 Å². The van der Waals surface area contributed by atoms with Crippen LogP contribution in [0.4, 0.5) is 5.13 Å². The molecule has 1 aliphatic heterocycles. The van der Waals surface area contributed by atoms with Gasteiger partial charge in [-0.3, -0.25) is 10.1 Å². The average molecular weight is 438 g/mol. The van der Waals surface area contributed by atoms with Crippen LogP contribution in [0.15, 0.2) is 65.6 Å². The third-order valence-corrected chi connectivity index (χ3v) is 8.12. The minimum atomic E-state index is -3.48. The second kappa shape index (κ2) is 7.46. The van der Waals surface area contributed by atoms with E-state index in [9.17, 15) is 13.2 Å². The second-order valence-corrected chi connectivity index (χ2v) is 10.2. The van der Waals surface area contributed by atoms with Gasteiger partial charge in [0.2, 0.25) is 10.0 Å². The summed E-state index contributed by atoms with van der Waals surface area (Å²) in [5, 5.41) is 5.34. The van der Waals surface area contributed by atoms with Gasteiger partial charge in [-0.2, -0.15) is 4.31 Å². The number of carbonyl (C=O) groups is 1. The minimum Gasteiger partial charge on any atom is -0.298 e. The Balaban J connectivity index is 1.41. The third kappa shape index (κ3) is 3.47. The van der Waals surface area contributed by atoms with Gasteiger partial charge < -0.3 is 0 Å². The van der Waals surface area contributed by atoms with Crippen LogP contribution in [0, 0.1) is 0 Å². The lowest BCUT2D eigenvalue weighted by molar-refractivity contribution is 0.102. The van der Waals surface area contributed by atoms with Crippen molar-refractivity contribution in [3.63, 3.8) is 0 Å². The van der Waals surface area contributed by atoms with Crippen LogP contribution in [0.2, 0.25) is 0 Å². The van der Waals surface area contributed by atoms with E-state index in [1.165, 1.54) is 15.6 Å². The predicted molar refractivity (Wildman–Crippen MR) is 120 cm³/mol. The number of nitrogens with zero attached hydrogens (tertiary/aromatic N) is 2. The smallest absolute Gasteiger partial charge is 0.257 e. The Bertz CT molecular complexity index is 1370. The molecular weight excluding hydrogens is 418 g/mol. The van der Waals surface area contributed by atoms with Gasteiger partial charge in [0.25, 0.3) is 5.91 Å². The van der Waals surface area contributed by atoms with Crippen molar-refractivity contribution in [1.29, 1.82) is 0 Å². The molecular formula is C22H19N3O3S2. The molecule has 8 heteroatoms. The number of fused-ring (bicyclic) bond motifs is 2. The topological polar surface area (TPSA) is 79.4 Å². The summed E-state index contributed by atoms with van der Waals surface area (Å²) >= 11 is 1.27. The SMILES string of the molecule is O=C(Nc1nc2ccc(S(=O)(=O)N3CCCC3)cc2s1)c1ccc2ccccc2c1. The van der Waals surface area contributed by atoms with Crippen LogP contribution in [0.5, 0.6) is 0 Å². The molecule has 6 nitrogen and oxygen atoms in total. The molecule has 5 rings (SSSR count). The monoisotopic (exact) mass is 437 g/mol. The van der Waals surface area contributed by atoms with Crippen LogP contribution < -0.4 is 5.32 Å². The normalized spacial score (nSPS) is 15.1. The fourth-order valence-electron chi connectivity index (χ4n) is 3.70. The summed E-state index contributed by atoms with van der Waals surface area (Å²) in [5.41, 5.74) is 1.21. The molecule has 0 atom stereocenters. The molecule has 0 spiro atoms. The van der Waals surface area contributed by atoms with Crippen LogP contribution in [-0.4, -0.2) is 36.7 Å². The van der Waals surface area contributed by atoms with Crippen LogP contribution in [0.1, 0.15) is 23.2 Å². The van der Waals surface area contributed by atoms with Crippen molar-refractivity contribution < 1.29 is 13.2 Å². The van der Waals surface area contributed by atoms with Gasteiger partial charge in [-0.25, -0.2) is 13.4 Å². The number of thiazole rings is 1. The van der Waals surface area contributed by atoms with Gasteiger partial charge in [-0.1, -0.05) is 41.7 Å². The lowest BCUT2D eigenvalue weighted by Gasteiger charge is -2.15. The number of carbonyl (C=O) groups excluding carboxylic acids is 1. The maximum Gasteiger partial charge on any atom is 0.257 e. The Morgan fingerprint density at radius 3 is 2.53 bits per heavy atom. The number of hydrogen-bond acceptors (Lipinski definition) is 5. The van der Waals surface area contributed by atoms with Gasteiger partial charge >= 0.3 is 0 Å². The molecule has 2 heterocycles. The molecule has 0 unspecified atom stereocenters.